The monoisotopic (exact) mass is 322 g/mol. The number of rotatable bonds is 4. The van der Waals surface area contributed by atoms with Crippen molar-refractivity contribution in [2.45, 2.75) is 26.4 Å². The average molecular weight is 323 g/mol. The minimum absolute atomic E-state index is 0.312. The molecule has 6 heteroatoms. The van der Waals surface area contributed by atoms with Crippen molar-refractivity contribution in [1.82, 2.24) is 10.3 Å². The third kappa shape index (κ3) is 4.49. The third-order valence-electron chi connectivity index (χ3n) is 2.74. The van der Waals surface area contributed by atoms with Crippen LogP contribution in [0.25, 0.3) is 10.8 Å². The van der Waals surface area contributed by atoms with Gasteiger partial charge in [-0.1, -0.05) is 35.9 Å². The van der Waals surface area contributed by atoms with Gasteiger partial charge in [0, 0.05) is 10.8 Å². The number of pyridine rings is 1. The highest BCUT2D eigenvalue weighted by Gasteiger charge is 2.15. The fraction of sp³-hybridized carbons (Fsp3) is 0.375. The standard InChI is InChI=1S/C16H19ClN2O3/c1-16(2,3)22-15(20)18-8-9-21-13-10-19-14(17)12-7-5-4-6-11(12)13/h4-7,10H,8-9H2,1-3H3,(H,18,20). The Kier molecular flexibility index (Phi) is 5.08. The summed E-state index contributed by atoms with van der Waals surface area (Å²) in [4.78, 5) is 15.6. The smallest absolute Gasteiger partial charge is 0.407 e. The SMILES string of the molecule is CC(C)(C)OC(=O)NCCOc1cnc(Cl)c2ccccc12. The van der Waals surface area contributed by atoms with E-state index >= 15 is 0 Å². The van der Waals surface area contributed by atoms with E-state index in [1.54, 1.807) is 6.20 Å². The first-order chi connectivity index (χ1) is 10.4. The van der Waals surface area contributed by atoms with E-state index in [1.807, 2.05) is 45.0 Å². The molecule has 0 aliphatic carbocycles. The van der Waals surface area contributed by atoms with E-state index in [9.17, 15) is 4.79 Å². The Labute approximate surface area is 134 Å². The first-order valence-electron chi connectivity index (χ1n) is 7.00. The zero-order valence-corrected chi connectivity index (χ0v) is 13.6. The molecule has 0 radical (unpaired) electrons. The van der Waals surface area contributed by atoms with E-state index in [-0.39, 0.29) is 0 Å². The number of nitrogens with one attached hydrogen (secondary N) is 1. The molecule has 2 aromatic rings. The number of carbonyl (C=O) groups excluding carboxylic acids is 1. The van der Waals surface area contributed by atoms with Crippen LogP contribution in [-0.4, -0.2) is 29.8 Å². The summed E-state index contributed by atoms with van der Waals surface area (Å²) < 4.78 is 10.8. The van der Waals surface area contributed by atoms with E-state index in [0.717, 1.165) is 10.8 Å². The van der Waals surface area contributed by atoms with Gasteiger partial charge in [0.1, 0.15) is 23.1 Å². The molecule has 0 fully saturated rings. The molecule has 1 N–H and O–H groups in total. The van der Waals surface area contributed by atoms with Gasteiger partial charge in [0.15, 0.2) is 0 Å². The number of ether oxygens (including phenoxy) is 2. The van der Waals surface area contributed by atoms with Gasteiger partial charge in [-0.2, -0.15) is 0 Å². The van der Waals surface area contributed by atoms with E-state index in [2.05, 4.69) is 10.3 Å². The molecule has 0 aliphatic rings. The number of benzene rings is 1. The predicted octanol–water partition coefficient (Wildman–Crippen LogP) is 3.79. The maximum atomic E-state index is 11.5. The van der Waals surface area contributed by atoms with Crippen LogP contribution in [-0.2, 0) is 4.74 Å². The van der Waals surface area contributed by atoms with Crippen LogP contribution in [0.3, 0.4) is 0 Å². The molecule has 0 atom stereocenters. The number of amides is 1. The zero-order chi connectivity index (χ0) is 16.2. The van der Waals surface area contributed by atoms with E-state index in [4.69, 9.17) is 21.1 Å². The summed E-state index contributed by atoms with van der Waals surface area (Å²) in [6.45, 7) is 6.09. The second kappa shape index (κ2) is 6.83. The lowest BCUT2D eigenvalue weighted by atomic mass is 10.2. The Morgan fingerprint density at radius 2 is 1.95 bits per heavy atom. The van der Waals surface area contributed by atoms with Crippen molar-refractivity contribution in [1.29, 1.82) is 0 Å². The van der Waals surface area contributed by atoms with Crippen LogP contribution < -0.4 is 10.1 Å². The number of carbonyl (C=O) groups is 1. The van der Waals surface area contributed by atoms with Gasteiger partial charge in [-0.05, 0) is 20.8 Å². The molecular weight excluding hydrogens is 304 g/mol. The summed E-state index contributed by atoms with van der Waals surface area (Å²) in [5.41, 5.74) is -0.513. The summed E-state index contributed by atoms with van der Waals surface area (Å²) in [5, 5.41) is 4.80. The van der Waals surface area contributed by atoms with Gasteiger partial charge in [-0.15, -0.1) is 0 Å². The van der Waals surface area contributed by atoms with Gasteiger partial charge in [0.25, 0.3) is 0 Å². The van der Waals surface area contributed by atoms with Crippen LogP contribution in [0.2, 0.25) is 5.15 Å². The molecule has 2 rings (SSSR count). The second-order valence-electron chi connectivity index (χ2n) is 5.74. The summed E-state index contributed by atoms with van der Waals surface area (Å²) in [7, 11) is 0. The van der Waals surface area contributed by atoms with Crippen LogP contribution in [0.4, 0.5) is 4.79 Å². The Morgan fingerprint density at radius 3 is 2.64 bits per heavy atom. The summed E-state index contributed by atoms with van der Waals surface area (Å²) >= 11 is 6.05. The van der Waals surface area contributed by atoms with Gasteiger partial charge in [-0.3, -0.25) is 0 Å². The highest BCUT2D eigenvalue weighted by molar-refractivity contribution is 6.34. The number of alkyl carbamates (subject to hydrolysis) is 1. The maximum Gasteiger partial charge on any atom is 0.407 e. The summed E-state index contributed by atoms with van der Waals surface area (Å²) in [6, 6.07) is 7.60. The molecule has 0 bridgehead atoms. The fourth-order valence-corrected chi connectivity index (χ4v) is 2.09. The van der Waals surface area contributed by atoms with Crippen LogP contribution in [0.5, 0.6) is 5.75 Å². The molecule has 22 heavy (non-hydrogen) atoms. The maximum absolute atomic E-state index is 11.5. The largest absolute Gasteiger partial charge is 0.489 e. The number of aromatic nitrogens is 1. The first-order valence-corrected chi connectivity index (χ1v) is 7.37. The zero-order valence-electron chi connectivity index (χ0n) is 12.9. The fourth-order valence-electron chi connectivity index (χ4n) is 1.88. The lowest BCUT2D eigenvalue weighted by molar-refractivity contribution is 0.0520. The lowest BCUT2D eigenvalue weighted by Crippen LogP contribution is -2.34. The number of nitrogens with zero attached hydrogens (tertiary/aromatic N) is 1. The summed E-state index contributed by atoms with van der Waals surface area (Å²) in [5.74, 6) is 0.631. The topological polar surface area (TPSA) is 60.5 Å². The molecule has 118 valence electrons. The molecule has 1 aromatic carbocycles. The van der Waals surface area contributed by atoms with Crippen molar-refractivity contribution < 1.29 is 14.3 Å². The molecule has 0 aliphatic heterocycles. The number of hydrogen-bond acceptors (Lipinski definition) is 4. The second-order valence-corrected chi connectivity index (χ2v) is 6.09. The van der Waals surface area contributed by atoms with Gasteiger partial charge >= 0.3 is 6.09 Å². The third-order valence-corrected chi connectivity index (χ3v) is 3.04. The van der Waals surface area contributed by atoms with Gasteiger partial charge in [0.05, 0.1) is 12.7 Å². The van der Waals surface area contributed by atoms with Crippen LogP contribution >= 0.6 is 11.6 Å². The highest BCUT2D eigenvalue weighted by Crippen LogP contribution is 2.28. The highest BCUT2D eigenvalue weighted by atomic mass is 35.5. The molecule has 5 nitrogen and oxygen atoms in total. The molecule has 1 amide bonds. The quantitative estimate of drug-likeness (QED) is 0.687. The Bertz CT molecular complexity index is 668. The molecular formula is C16H19ClN2O3. The van der Waals surface area contributed by atoms with Gasteiger partial charge < -0.3 is 14.8 Å². The molecule has 0 saturated heterocycles. The van der Waals surface area contributed by atoms with Crippen molar-refractivity contribution in [2.75, 3.05) is 13.2 Å². The van der Waals surface area contributed by atoms with Gasteiger partial charge in [0.2, 0.25) is 0 Å². The van der Waals surface area contributed by atoms with Crippen molar-refractivity contribution in [2.24, 2.45) is 0 Å². The normalized spacial score (nSPS) is 11.3. The van der Waals surface area contributed by atoms with Crippen LogP contribution in [0.1, 0.15) is 20.8 Å². The molecule has 0 spiro atoms. The number of halogens is 1. The Hall–Kier alpha value is -2.01. The van der Waals surface area contributed by atoms with Crippen LogP contribution in [0.15, 0.2) is 30.5 Å². The van der Waals surface area contributed by atoms with Crippen molar-refractivity contribution in [3.8, 4) is 5.75 Å². The van der Waals surface area contributed by atoms with Crippen molar-refractivity contribution in [3.05, 3.63) is 35.6 Å². The Balaban J connectivity index is 1.91. The van der Waals surface area contributed by atoms with E-state index in [0.29, 0.717) is 24.1 Å². The predicted molar refractivity (Wildman–Crippen MR) is 86.5 cm³/mol. The molecule has 1 heterocycles. The van der Waals surface area contributed by atoms with E-state index in [1.165, 1.54) is 0 Å². The summed E-state index contributed by atoms with van der Waals surface area (Å²) in [6.07, 6.45) is 1.12. The average Bonchev–Trinajstić information content (AvgIpc) is 2.44. The minimum Gasteiger partial charge on any atom is -0.489 e. The number of fused-ring (bicyclic) bond motifs is 1. The molecule has 0 unspecified atom stereocenters. The molecule has 1 aromatic heterocycles. The van der Waals surface area contributed by atoms with Gasteiger partial charge in [-0.25, -0.2) is 9.78 Å². The van der Waals surface area contributed by atoms with Crippen molar-refractivity contribution in [3.63, 3.8) is 0 Å². The minimum atomic E-state index is -0.513. The van der Waals surface area contributed by atoms with Crippen LogP contribution in [0, 0.1) is 0 Å². The number of hydrogen-bond donors (Lipinski definition) is 1. The lowest BCUT2D eigenvalue weighted by Gasteiger charge is -2.19. The Morgan fingerprint density at radius 1 is 1.27 bits per heavy atom. The first kappa shape index (κ1) is 16.4. The van der Waals surface area contributed by atoms with Crippen molar-refractivity contribution >= 4 is 28.5 Å². The van der Waals surface area contributed by atoms with E-state index < -0.39 is 11.7 Å². The molecule has 0 saturated carbocycles.